The Morgan fingerprint density at radius 1 is 0.929 bits per heavy atom. The zero-order valence-corrected chi connectivity index (χ0v) is 16.6. The molecule has 7 nitrogen and oxygen atoms in total. The van der Waals surface area contributed by atoms with Crippen LogP contribution in [0.4, 0.5) is 11.4 Å². The maximum atomic E-state index is 12.6. The summed E-state index contributed by atoms with van der Waals surface area (Å²) in [4.78, 5) is 22.3. The number of rotatable bonds is 5. The highest BCUT2D eigenvalue weighted by Gasteiger charge is 2.19. The van der Waals surface area contributed by atoms with E-state index in [2.05, 4.69) is 21.2 Å². The number of hydrogen-bond acceptors (Lipinski definition) is 5. The summed E-state index contributed by atoms with van der Waals surface area (Å²) in [5.74, 6) is -0.327. The van der Waals surface area contributed by atoms with E-state index >= 15 is 0 Å². The summed E-state index contributed by atoms with van der Waals surface area (Å²) in [7, 11) is -3.83. The van der Waals surface area contributed by atoms with E-state index in [1.807, 2.05) is 0 Å². The third kappa shape index (κ3) is 4.26. The van der Waals surface area contributed by atoms with E-state index in [0.29, 0.717) is 11.3 Å². The molecule has 9 heteroatoms. The fourth-order valence-electron chi connectivity index (χ4n) is 2.43. The van der Waals surface area contributed by atoms with Gasteiger partial charge < -0.3 is 5.32 Å². The van der Waals surface area contributed by atoms with Gasteiger partial charge >= 0.3 is 0 Å². The number of nitrogens with one attached hydrogen (secondary N) is 1. The van der Waals surface area contributed by atoms with Crippen molar-refractivity contribution in [2.24, 2.45) is 0 Å². The van der Waals surface area contributed by atoms with E-state index in [4.69, 9.17) is 0 Å². The third-order valence-corrected chi connectivity index (χ3v) is 6.15. The number of nitro benzene ring substituents is 1. The van der Waals surface area contributed by atoms with Crippen molar-refractivity contribution < 1.29 is 18.1 Å². The van der Waals surface area contributed by atoms with Crippen molar-refractivity contribution in [1.29, 1.82) is 0 Å². The first kappa shape index (κ1) is 19.7. The van der Waals surface area contributed by atoms with Crippen LogP contribution >= 0.6 is 15.9 Å². The van der Waals surface area contributed by atoms with E-state index in [9.17, 15) is 23.3 Å². The molecule has 0 spiro atoms. The van der Waals surface area contributed by atoms with Gasteiger partial charge in [0.25, 0.3) is 11.6 Å². The van der Waals surface area contributed by atoms with E-state index in [1.54, 1.807) is 24.3 Å². The first-order valence-corrected chi connectivity index (χ1v) is 10.2. The minimum atomic E-state index is -3.83. The second-order valence-corrected chi connectivity index (χ2v) is 8.61. The van der Waals surface area contributed by atoms with Gasteiger partial charge in [0.05, 0.1) is 14.7 Å². The number of anilines is 1. The Morgan fingerprint density at radius 3 is 2.04 bits per heavy atom. The van der Waals surface area contributed by atoms with Gasteiger partial charge in [-0.2, -0.15) is 0 Å². The van der Waals surface area contributed by atoms with Gasteiger partial charge in [-0.25, -0.2) is 8.42 Å². The lowest BCUT2D eigenvalue weighted by Crippen LogP contribution is -2.12. The largest absolute Gasteiger partial charge is 0.322 e. The Hall–Kier alpha value is -3.04. The van der Waals surface area contributed by atoms with E-state index in [1.165, 1.54) is 36.4 Å². The predicted molar refractivity (Wildman–Crippen MR) is 107 cm³/mol. The van der Waals surface area contributed by atoms with Crippen molar-refractivity contribution in [1.82, 2.24) is 0 Å². The van der Waals surface area contributed by atoms with Crippen LogP contribution < -0.4 is 5.32 Å². The molecule has 0 aromatic heterocycles. The Kier molecular flexibility index (Phi) is 5.57. The molecule has 3 aromatic carbocycles. The second-order valence-electron chi connectivity index (χ2n) is 5.74. The maximum absolute atomic E-state index is 12.6. The van der Waals surface area contributed by atoms with Gasteiger partial charge in [-0.05, 0) is 54.6 Å². The topological polar surface area (TPSA) is 106 Å². The molecule has 0 fully saturated rings. The number of sulfone groups is 1. The van der Waals surface area contributed by atoms with Crippen LogP contribution in [0, 0.1) is 10.1 Å². The van der Waals surface area contributed by atoms with Crippen LogP contribution in [0.25, 0.3) is 0 Å². The number of amides is 1. The maximum Gasteiger partial charge on any atom is 0.269 e. The number of carbonyl (C=O) groups excluding carboxylic acids is 1. The van der Waals surface area contributed by atoms with Gasteiger partial charge in [0.1, 0.15) is 0 Å². The monoisotopic (exact) mass is 460 g/mol. The SMILES string of the molecule is O=C(Nc1ccc(S(=O)(=O)c2ccc([N+](=O)[O-])cc2)cc1)c1cccc(Br)c1. The summed E-state index contributed by atoms with van der Waals surface area (Å²) < 4.78 is 26.1. The summed E-state index contributed by atoms with van der Waals surface area (Å²) in [6.07, 6.45) is 0. The van der Waals surface area contributed by atoms with Crippen molar-refractivity contribution in [2.75, 3.05) is 5.32 Å². The second kappa shape index (κ2) is 7.91. The zero-order chi connectivity index (χ0) is 20.3. The summed E-state index contributed by atoms with van der Waals surface area (Å²) in [5, 5.41) is 13.4. The Bertz CT molecular complexity index is 1140. The van der Waals surface area contributed by atoms with Crippen molar-refractivity contribution in [3.8, 4) is 0 Å². The number of benzene rings is 3. The first-order chi connectivity index (χ1) is 13.3. The van der Waals surface area contributed by atoms with Gasteiger partial charge in [0.15, 0.2) is 0 Å². The van der Waals surface area contributed by atoms with Gasteiger partial charge in [-0.1, -0.05) is 22.0 Å². The summed E-state index contributed by atoms with van der Waals surface area (Å²) in [6.45, 7) is 0. The molecule has 0 aliphatic rings. The molecule has 1 N–H and O–H groups in total. The van der Waals surface area contributed by atoms with Crippen molar-refractivity contribution in [3.05, 3.63) is 92.9 Å². The van der Waals surface area contributed by atoms with Crippen LogP contribution in [0.3, 0.4) is 0 Å². The summed E-state index contributed by atoms with van der Waals surface area (Å²) in [6, 6.07) is 17.2. The molecule has 3 aromatic rings. The molecule has 142 valence electrons. The van der Waals surface area contributed by atoms with Gasteiger partial charge in [-0.3, -0.25) is 14.9 Å². The number of nitrogens with zero attached hydrogens (tertiary/aromatic N) is 1. The number of non-ortho nitro benzene ring substituents is 1. The van der Waals surface area contributed by atoms with E-state index in [-0.39, 0.29) is 21.4 Å². The number of halogens is 1. The van der Waals surface area contributed by atoms with Gasteiger partial charge in [0.2, 0.25) is 9.84 Å². The molecule has 0 saturated carbocycles. The van der Waals surface area contributed by atoms with Crippen LogP contribution in [0.2, 0.25) is 0 Å². The summed E-state index contributed by atoms with van der Waals surface area (Å²) >= 11 is 3.30. The molecular formula is C19H13BrN2O5S. The highest BCUT2D eigenvalue weighted by atomic mass is 79.9. The highest BCUT2D eigenvalue weighted by molar-refractivity contribution is 9.10. The van der Waals surface area contributed by atoms with Gasteiger partial charge in [-0.15, -0.1) is 0 Å². The third-order valence-electron chi connectivity index (χ3n) is 3.87. The smallest absolute Gasteiger partial charge is 0.269 e. The lowest BCUT2D eigenvalue weighted by Gasteiger charge is -2.08. The molecule has 0 saturated heterocycles. The molecule has 3 rings (SSSR count). The van der Waals surface area contributed by atoms with Crippen LogP contribution in [0.15, 0.2) is 87.1 Å². The predicted octanol–water partition coefficient (Wildman–Crippen LogP) is 4.44. The molecule has 1 amide bonds. The number of nitro groups is 1. The minimum Gasteiger partial charge on any atom is -0.322 e. The quantitative estimate of drug-likeness (QED) is 0.447. The Labute approximate surface area is 169 Å². The highest BCUT2D eigenvalue weighted by Crippen LogP contribution is 2.24. The lowest BCUT2D eigenvalue weighted by molar-refractivity contribution is -0.384. The molecule has 0 bridgehead atoms. The fourth-order valence-corrected chi connectivity index (χ4v) is 4.09. The van der Waals surface area contributed by atoms with Crippen LogP contribution in [-0.4, -0.2) is 19.2 Å². The summed E-state index contributed by atoms with van der Waals surface area (Å²) in [5.41, 5.74) is 0.703. The van der Waals surface area contributed by atoms with Crippen molar-refractivity contribution >= 4 is 43.0 Å². The molecule has 0 aliphatic heterocycles. The number of carbonyl (C=O) groups is 1. The first-order valence-electron chi connectivity index (χ1n) is 7.94. The van der Waals surface area contributed by atoms with Crippen LogP contribution in [0.1, 0.15) is 10.4 Å². The van der Waals surface area contributed by atoms with Crippen LogP contribution in [0.5, 0.6) is 0 Å². The minimum absolute atomic E-state index is 0.0156. The van der Waals surface area contributed by atoms with Crippen LogP contribution in [-0.2, 0) is 9.84 Å². The standard InChI is InChI=1S/C19H13BrN2O5S/c20-14-3-1-2-13(12-14)19(23)21-15-4-8-17(9-5-15)28(26,27)18-10-6-16(7-11-18)22(24)25/h1-12H,(H,21,23). The van der Waals surface area contributed by atoms with Crippen molar-refractivity contribution in [3.63, 3.8) is 0 Å². The molecule has 0 atom stereocenters. The Morgan fingerprint density at radius 2 is 1.50 bits per heavy atom. The van der Waals surface area contributed by atoms with E-state index in [0.717, 1.165) is 16.6 Å². The van der Waals surface area contributed by atoms with Crippen molar-refractivity contribution in [2.45, 2.75) is 9.79 Å². The molecular weight excluding hydrogens is 448 g/mol. The molecule has 28 heavy (non-hydrogen) atoms. The average molecular weight is 461 g/mol. The fraction of sp³-hybridized carbons (Fsp3) is 0. The molecule has 0 heterocycles. The molecule has 0 unspecified atom stereocenters. The normalized spacial score (nSPS) is 11.0. The number of hydrogen-bond donors (Lipinski definition) is 1. The van der Waals surface area contributed by atoms with Gasteiger partial charge in [0, 0.05) is 27.9 Å². The Balaban J connectivity index is 1.79. The average Bonchev–Trinajstić information content (AvgIpc) is 2.68. The molecule has 0 aliphatic carbocycles. The lowest BCUT2D eigenvalue weighted by atomic mass is 10.2. The van der Waals surface area contributed by atoms with E-state index < -0.39 is 14.8 Å². The zero-order valence-electron chi connectivity index (χ0n) is 14.2. The molecule has 0 radical (unpaired) electrons.